The molecule has 0 aromatic carbocycles. The van der Waals surface area contributed by atoms with E-state index in [0.29, 0.717) is 24.7 Å². The van der Waals surface area contributed by atoms with Crippen LogP contribution in [0, 0.1) is 6.92 Å². The van der Waals surface area contributed by atoms with Gasteiger partial charge in [0.1, 0.15) is 0 Å². The van der Waals surface area contributed by atoms with Crippen molar-refractivity contribution >= 4 is 10.0 Å². The fraction of sp³-hybridized carbons (Fsp3) is 0.818. The van der Waals surface area contributed by atoms with E-state index in [-0.39, 0.29) is 12.3 Å². The number of hydrogen-bond donors (Lipinski definition) is 2. The molecule has 8 nitrogen and oxygen atoms in total. The number of nitrogens with one attached hydrogen (secondary N) is 2. The van der Waals surface area contributed by atoms with Crippen molar-refractivity contribution in [3.63, 3.8) is 0 Å². The topological polar surface area (TPSA) is 100 Å². The van der Waals surface area contributed by atoms with Crippen LogP contribution in [0.5, 0.6) is 0 Å². The smallest absolute Gasteiger partial charge is 0.227 e. The number of sulfonamides is 1. The zero-order valence-electron chi connectivity index (χ0n) is 11.6. The van der Waals surface area contributed by atoms with Gasteiger partial charge in [0.15, 0.2) is 5.82 Å². The third-order valence-corrected chi connectivity index (χ3v) is 4.48. The summed E-state index contributed by atoms with van der Waals surface area (Å²) in [5.41, 5.74) is 0. The molecular weight excluding hydrogens is 282 g/mol. The molecule has 20 heavy (non-hydrogen) atoms. The molecule has 0 atom stereocenters. The molecule has 1 aromatic heterocycles. The maximum atomic E-state index is 11.8. The lowest BCUT2D eigenvalue weighted by atomic mass is 10.4. The molecule has 0 amide bonds. The van der Waals surface area contributed by atoms with Crippen LogP contribution in [0.4, 0.5) is 0 Å². The molecule has 0 radical (unpaired) electrons. The summed E-state index contributed by atoms with van der Waals surface area (Å²) in [5.74, 6) is 1.13. The van der Waals surface area contributed by atoms with Crippen LogP contribution in [-0.2, 0) is 16.4 Å². The Morgan fingerprint density at radius 3 is 2.80 bits per heavy atom. The Hall–Kier alpha value is -1.03. The van der Waals surface area contributed by atoms with Crippen LogP contribution in [0.15, 0.2) is 4.52 Å². The summed E-state index contributed by atoms with van der Waals surface area (Å²) in [4.78, 5) is 6.17. The molecule has 0 aliphatic carbocycles. The second-order valence-electron chi connectivity index (χ2n) is 4.79. The van der Waals surface area contributed by atoms with Crippen LogP contribution in [0.1, 0.15) is 11.7 Å². The van der Waals surface area contributed by atoms with Crippen molar-refractivity contribution in [2.75, 3.05) is 45.0 Å². The van der Waals surface area contributed by atoms with Gasteiger partial charge in [-0.15, -0.1) is 0 Å². The lowest BCUT2D eigenvalue weighted by Crippen LogP contribution is -2.46. The van der Waals surface area contributed by atoms with Crippen LogP contribution >= 0.6 is 0 Å². The molecular formula is C11H21N5O3S. The Bertz CT molecular complexity index is 510. The number of aryl methyl sites for hydroxylation is 1. The number of nitrogens with zero attached hydrogens (tertiary/aromatic N) is 3. The van der Waals surface area contributed by atoms with Crippen molar-refractivity contribution in [3.8, 4) is 0 Å². The molecule has 2 N–H and O–H groups in total. The van der Waals surface area contributed by atoms with E-state index in [1.807, 2.05) is 0 Å². The molecule has 1 aromatic rings. The largest absolute Gasteiger partial charge is 0.339 e. The lowest BCUT2D eigenvalue weighted by Gasteiger charge is -2.26. The van der Waals surface area contributed by atoms with Gasteiger partial charge in [0.25, 0.3) is 0 Å². The summed E-state index contributed by atoms with van der Waals surface area (Å²) >= 11 is 0. The van der Waals surface area contributed by atoms with Crippen molar-refractivity contribution in [2.45, 2.75) is 13.3 Å². The number of rotatable bonds is 7. The maximum Gasteiger partial charge on any atom is 0.227 e. The van der Waals surface area contributed by atoms with Crippen molar-refractivity contribution < 1.29 is 12.9 Å². The van der Waals surface area contributed by atoms with Gasteiger partial charge in [0, 0.05) is 45.7 Å². The lowest BCUT2D eigenvalue weighted by molar-refractivity contribution is 0.253. The van der Waals surface area contributed by atoms with Crippen molar-refractivity contribution in [1.29, 1.82) is 0 Å². The highest BCUT2D eigenvalue weighted by Gasteiger charge is 2.15. The van der Waals surface area contributed by atoms with Crippen LogP contribution in [0.3, 0.4) is 0 Å². The summed E-state index contributed by atoms with van der Waals surface area (Å²) < 4.78 is 31.2. The zero-order valence-corrected chi connectivity index (χ0v) is 12.4. The SMILES string of the molecule is Cc1noc(CCNS(=O)(=O)CCN2CCNCC2)n1. The van der Waals surface area contributed by atoms with Crippen LogP contribution in [0.2, 0.25) is 0 Å². The first-order chi connectivity index (χ1) is 9.55. The molecule has 1 fully saturated rings. The Morgan fingerprint density at radius 2 is 2.15 bits per heavy atom. The molecule has 1 aliphatic heterocycles. The van der Waals surface area contributed by atoms with E-state index in [0.717, 1.165) is 26.2 Å². The predicted octanol–water partition coefficient (Wildman–Crippen LogP) is -1.25. The highest BCUT2D eigenvalue weighted by Crippen LogP contribution is 1.97. The molecule has 9 heteroatoms. The molecule has 1 saturated heterocycles. The third kappa shape index (κ3) is 5.16. The van der Waals surface area contributed by atoms with Crippen molar-refractivity contribution in [3.05, 3.63) is 11.7 Å². The molecule has 2 heterocycles. The predicted molar refractivity (Wildman–Crippen MR) is 73.8 cm³/mol. The van der Waals surface area contributed by atoms with E-state index < -0.39 is 10.0 Å². The van der Waals surface area contributed by atoms with Gasteiger partial charge in [-0.25, -0.2) is 13.1 Å². The van der Waals surface area contributed by atoms with Crippen LogP contribution < -0.4 is 10.0 Å². The first-order valence-corrected chi connectivity index (χ1v) is 8.40. The van der Waals surface area contributed by atoms with Crippen LogP contribution in [0.25, 0.3) is 0 Å². The standard InChI is InChI=1S/C11H21N5O3S/c1-10-14-11(19-15-10)2-3-13-20(17,18)9-8-16-6-4-12-5-7-16/h12-13H,2-9H2,1H3. The Balaban J connectivity index is 1.67. The Kier molecular flexibility index (Phi) is 5.46. The van der Waals surface area contributed by atoms with Crippen LogP contribution in [-0.4, -0.2) is 68.5 Å². The zero-order chi connectivity index (χ0) is 14.4. The van der Waals surface area contributed by atoms with E-state index in [4.69, 9.17) is 4.52 Å². The van der Waals surface area contributed by atoms with Gasteiger partial charge in [-0.3, -0.25) is 4.90 Å². The van der Waals surface area contributed by atoms with Gasteiger partial charge in [-0.2, -0.15) is 4.98 Å². The Morgan fingerprint density at radius 1 is 1.40 bits per heavy atom. The first-order valence-electron chi connectivity index (χ1n) is 6.75. The average Bonchev–Trinajstić information content (AvgIpc) is 2.83. The van der Waals surface area contributed by atoms with Gasteiger partial charge in [0.2, 0.25) is 15.9 Å². The normalized spacial score (nSPS) is 17.4. The highest BCUT2D eigenvalue weighted by atomic mass is 32.2. The number of hydrogen-bond acceptors (Lipinski definition) is 7. The molecule has 2 rings (SSSR count). The molecule has 114 valence electrons. The van der Waals surface area contributed by atoms with Gasteiger partial charge >= 0.3 is 0 Å². The first kappa shape index (κ1) is 15.4. The van der Waals surface area contributed by atoms with Crippen molar-refractivity contribution in [1.82, 2.24) is 25.1 Å². The second-order valence-corrected chi connectivity index (χ2v) is 6.72. The van der Waals surface area contributed by atoms with Gasteiger partial charge in [0.05, 0.1) is 5.75 Å². The minimum Gasteiger partial charge on any atom is -0.339 e. The molecule has 0 spiro atoms. The highest BCUT2D eigenvalue weighted by molar-refractivity contribution is 7.89. The van der Waals surface area contributed by atoms with Crippen molar-refractivity contribution in [2.24, 2.45) is 0 Å². The summed E-state index contributed by atoms with van der Waals surface area (Å²) in [6.45, 7) is 6.22. The molecule has 0 bridgehead atoms. The fourth-order valence-electron chi connectivity index (χ4n) is 2.01. The quantitative estimate of drug-likeness (QED) is 0.649. The molecule has 0 saturated carbocycles. The monoisotopic (exact) mass is 303 g/mol. The average molecular weight is 303 g/mol. The van der Waals surface area contributed by atoms with Gasteiger partial charge in [-0.05, 0) is 6.92 Å². The summed E-state index contributed by atoms with van der Waals surface area (Å²) in [7, 11) is -3.25. The van der Waals surface area contributed by atoms with Gasteiger partial charge < -0.3 is 9.84 Å². The Labute approximate surface area is 119 Å². The minimum absolute atomic E-state index is 0.121. The van der Waals surface area contributed by atoms with E-state index in [9.17, 15) is 8.42 Å². The van der Waals surface area contributed by atoms with Gasteiger partial charge in [-0.1, -0.05) is 5.16 Å². The summed E-state index contributed by atoms with van der Waals surface area (Å²) in [6.07, 6.45) is 0.410. The fourth-order valence-corrected chi connectivity index (χ4v) is 3.07. The molecule has 0 unspecified atom stereocenters. The van der Waals surface area contributed by atoms with E-state index in [2.05, 4.69) is 25.1 Å². The van der Waals surface area contributed by atoms with E-state index in [1.165, 1.54) is 0 Å². The third-order valence-electron chi connectivity index (χ3n) is 3.12. The summed E-state index contributed by atoms with van der Waals surface area (Å²) in [6, 6.07) is 0. The second kappa shape index (κ2) is 7.11. The number of aromatic nitrogens is 2. The van der Waals surface area contributed by atoms with E-state index in [1.54, 1.807) is 6.92 Å². The number of piperazine rings is 1. The van der Waals surface area contributed by atoms with E-state index >= 15 is 0 Å². The molecule has 1 aliphatic rings. The maximum absolute atomic E-state index is 11.8. The summed E-state index contributed by atoms with van der Waals surface area (Å²) in [5, 5.41) is 6.89. The minimum atomic E-state index is -3.25.